The van der Waals surface area contributed by atoms with Gasteiger partial charge in [-0.15, -0.1) is 11.3 Å². The Hall–Kier alpha value is -3.32. The summed E-state index contributed by atoms with van der Waals surface area (Å²) < 4.78 is 16.1. The highest BCUT2D eigenvalue weighted by Crippen LogP contribution is 2.28. The van der Waals surface area contributed by atoms with Gasteiger partial charge in [0.1, 0.15) is 6.61 Å². The molecule has 0 saturated carbocycles. The van der Waals surface area contributed by atoms with Crippen LogP contribution in [-0.2, 0) is 16.1 Å². The second-order valence-electron chi connectivity index (χ2n) is 6.49. The quantitative estimate of drug-likeness (QED) is 0.467. The molecule has 0 atom stereocenters. The standard InChI is InChI=1S/C23H24N2O4S/c1-4-5-17-8-11-20(21(12-17)27-3)28-14-22(26)29-13-19-15-30-23(25-19)24-18-9-6-16(2)7-10-18/h4-12,15H,13-14H2,1-3H3,(H,24,25)/b5-4+. The van der Waals surface area contributed by atoms with Crippen molar-refractivity contribution in [2.24, 2.45) is 0 Å². The fourth-order valence-electron chi connectivity index (χ4n) is 2.62. The van der Waals surface area contributed by atoms with E-state index >= 15 is 0 Å². The molecule has 156 valence electrons. The molecule has 1 N–H and O–H groups in total. The molecule has 3 rings (SSSR count). The number of carbonyl (C=O) groups is 1. The van der Waals surface area contributed by atoms with Crippen molar-refractivity contribution in [3.63, 3.8) is 0 Å². The van der Waals surface area contributed by atoms with Crippen molar-refractivity contribution >= 4 is 34.2 Å². The molecule has 6 nitrogen and oxygen atoms in total. The van der Waals surface area contributed by atoms with E-state index < -0.39 is 5.97 Å². The van der Waals surface area contributed by atoms with Crippen molar-refractivity contribution in [3.8, 4) is 11.5 Å². The summed E-state index contributed by atoms with van der Waals surface area (Å²) in [5.74, 6) is 0.571. The maximum Gasteiger partial charge on any atom is 0.344 e. The lowest BCUT2D eigenvalue weighted by Crippen LogP contribution is -2.15. The Labute approximate surface area is 180 Å². The zero-order chi connectivity index (χ0) is 21.3. The van der Waals surface area contributed by atoms with Gasteiger partial charge >= 0.3 is 5.97 Å². The van der Waals surface area contributed by atoms with Crippen LogP contribution in [-0.4, -0.2) is 24.7 Å². The number of aryl methyl sites for hydroxylation is 1. The van der Waals surface area contributed by atoms with Crippen LogP contribution in [0.4, 0.5) is 10.8 Å². The van der Waals surface area contributed by atoms with E-state index in [1.165, 1.54) is 16.9 Å². The summed E-state index contributed by atoms with van der Waals surface area (Å²) in [6, 6.07) is 13.5. The van der Waals surface area contributed by atoms with Crippen LogP contribution in [0.1, 0.15) is 23.7 Å². The molecule has 3 aromatic rings. The van der Waals surface area contributed by atoms with Crippen molar-refractivity contribution in [3.05, 3.63) is 70.7 Å². The van der Waals surface area contributed by atoms with Crippen molar-refractivity contribution in [1.82, 2.24) is 4.98 Å². The van der Waals surface area contributed by atoms with Gasteiger partial charge in [-0.05, 0) is 43.7 Å². The molecule has 0 aliphatic heterocycles. The van der Waals surface area contributed by atoms with Crippen LogP contribution in [0.5, 0.6) is 11.5 Å². The van der Waals surface area contributed by atoms with Crippen LogP contribution in [0.15, 0.2) is 53.9 Å². The zero-order valence-corrected chi connectivity index (χ0v) is 18.0. The predicted molar refractivity (Wildman–Crippen MR) is 120 cm³/mol. The third-order valence-electron chi connectivity index (χ3n) is 4.13. The highest BCUT2D eigenvalue weighted by atomic mass is 32.1. The lowest BCUT2D eigenvalue weighted by molar-refractivity contribution is -0.147. The van der Waals surface area contributed by atoms with Gasteiger partial charge in [0.2, 0.25) is 0 Å². The Morgan fingerprint density at radius 2 is 1.97 bits per heavy atom. The van der Waals surface area contributed by atoms with Gasteiger partial charge in [0.25, 0.3) is 0 Å². The van der Waals surface area contributed by atoms with E-state index in [-0.39, 0.29) is 13.2 Å². The van der Waals surface area contributed by atoms with Gasteiger partial charge in [-0.25, -0.2) is 9.78 Å². The van der Waals surface area contributed by atoms with E-state index in [0.717, 1.165) is 16.4 Å². The number of nitrogens with zero attached hydrogens (tertiary/aromatic N) is 1. The van der Waals surface area contributed by atoms with Gasteiger partial charge < -0.3 is 19.5 Å². The summed E-state index contributed by atoms with van der Waals surface area (Å²) in [5.41, 5.74) is 3.82. The maximum absolute atomic E-state index is 12.0. The molecule has 7 heteroatoms. The van der Waals surface area contributed by atoms with Crippen molar-refractivity contribution in [1.29, 1.82) is 0 Å². The van der Waals surface area contributed by atoms with Crippen LogP contribution >= 0.6 is 11.3 Å². The molecule has 0 amide bonds. The van der Waals surface area contributed by atoms with E-state index in [2.05, 4.69) is 10.3 Å². The number of thiazole rings is 1. The van der Waals surface area contributed by atoms with E-state index in [9.17, 15) is 4.79 Å². The number of ether oxygens (including phenoxy) is 3. The third-order valence-corrected chi connectivity index (χ3v) is 4.93. The highest BCUT2D eigenvalue weighted by molar-refractivity contribution is 7.13. The molecular formula is C23H24N2O4S. The minimum Gasteiger partial charge on any atom is -0.493 e. The Bertz CT molecular complexity index is 1010. The van der Waals surface area contributed by atoms with Crippen molar-refractivity contribution in [2.75, 3.05) is 19.0 Å². The monoisotopic (exact) mass is 424 g/mol. The van der Waals surface area contributed by atoms with Gasteiger partial charge in [0, 0.05) is 11.1 Å². The van der Waals surface area contributed by atoms with Crippen LogP contribution in [0.2, 0.25) is 0 Å². The Morgan fingerprint density at radius 1 is 1.17 bits per heavy atom. The number of allylic oxidation sites excluding steroid dienone is 1. The predicted octanol–water partition coefficient (Wildman–Crippen LogP) is 5.36. The molecule has 0 saturated heterocycles. The van der Waals surface area contributed by atoms with E-state index in [0.29, 0.717) is 17.2 Å². The maximum atomic E-state index is 12.0. The molecule has 1 heterocycles. The number of hydrogen-bond donors (Lipinski definition) is 1. The summed E-state index contributed by atoms with van der Waals surface area (Å²) in [7, 11) is 1.56. The Balaban J connectivity index is 1.48. The lowest BCUT2D eigenvalue weighted by Gasteiger charge is -2.11. The number of hydrogen-bond acceptors (Lipinski definition) is 7. The largest absolute Gasteiger partial charge is 0.493 e. The first-order chi connectivity index (χ1) is 14.6. The number of rotatable bonds is 9. The van der Waals surface area contributed by atoms with Crippen LogP contribution in [0.3, 0.4) is 0 Å². The third kappa shape index (κ3) is 6.09. The molecule has 0 aliphatic carbocycles. The average molecular weight is 425 g/mol. The molecule has 30 heavy (non-hydrogen) atoms. The second-order valence-corrected chi connectivity index (χ2v) is 7.35. The van der Waals surface area contributed by atoms with Gasteiger partial charge in [0.05, 0.1) is 12.8 Å². The minimum absolute atomic E-state index is 0.0889. The molecular weight excluding hydrogens is 400 g/mol. The van der Waals surface area contributed by atoms with Crippen molar-refractivity contribution in [2.45, 2.75) is 20.5 Å². The fourth-order valence-corrected chi connectivity index (χ4v) is 3.34. The molecule has 1 aromatic heterocycles. The summed E-state index contributed by atoms with van der Waals surface area (Å²) in [6.45, 7) is 3.86. The summed E-state index contributed by atoms with van der Waals surface area (Å²) in [5, 5.41) is 5.83. The van der Waals surface area contributed by atoms with Crippen molar-refractivity contribution < 1.29 is 19.0 Å². The van der Waals surface area contributed by atoms with Crippen LogP contribution in [0, 0.1) is 6.92 Å². The van der Waals surface area contributed by atoms with E-state index in [1.54, 1.807) is 13.2 Å². The van der Waals surface area contributed by atoms with Gasteiger partial charge in [-0.1, -0.05) is 35.9 Å². The van der Waals surface area contributed by atoms with Gasteiger partial charge in [0.15, 0.2) is 23.2 Å². The number of esters is 1. The second kappa shape index (κ2) is 10.5. The number of carbonyl (C=O) groups excluding carboxylic acids is 1. The summed E-state index contributed by atoms with van der Waals surface area (Å²) in [4.78, 5) is 16.5. The molecule has 0 aliphatic rings. The van der Waals surface area contributed by atoms with Crippen LogP contribution in [0.25, 0.3) is 6.08 Å². The average Bonchev–Trinajstić information content (AvgIpc) is 3.20. The lowest BCUT2D eigenvalue weighted by atomic mass is 10.2. The van der Waals surface area contributed by atoms with E-state index in [4.69, 9.17) is 14.2 Å². The molecule has 0 spiro atoms. The number of benzene rings is 2. The molecule has 0 fully saturated rings. The molecule has 0 radical (unpaired) electrons. The Morgan fingerprint density at radius 3 is 2.70 bits per heavy atom. The Kier molecular flexibility index (Phi) is 7.45. The van der Waals surface area contributed by atoms with Gasteiger partial charge in [-0.3, -0.25) is 0 Å². The highest BCUT2D eigenvalue weighted by Gasteiger charge is 2.11. The smallest absolute Gasteiger partial charge is 0.344 e. The normalized spacial score (nSPS) is 10.8. The first-order valence-corrected chi connectivity index (χ1v) is 10.3. The minimum atomic E-state index is -0.476. The number of nitrogens with one attached hydrogen (secondary N) is 1. The number of anilines is 2. The van der Waals surface area contributed by atoms with E-state index in [1.807, 2.05) is 67.8 Å². The summed E-state index contributed by atoms with van der Waals surface area (Å²) in [6.07, 6.45) is 3.89. The fraction of sp³-hybridized carbons (Fsp3) is 0.217. The molecule has 2 aromatic carbocycles. The first kappa shape index (κ1) is 21.4. The van der Waals surface area contributed by atoms with Crippen LogP contribution < -0.4 is 14.8 Å². The number of methoxy groups -OCH3 is 1. The zero-order valence-electron chi connectivity index (χ0n) is 17.2. The van der Waals surface area contributed by atoms with Gasteiger partial charge in [-0.2, -0.15) is 0 Å². The first-order valence-electron chi connectivity index (χ1n) is 9.44. The molecule has 0 bridgehead atoms. The summed E-state index contributed by atoms with van der Waals surface area (Å²) >= 11 is 1.45. The molecule has 0 unspecified atom stereocenters. The topological polar surface area (TPSA) is 69.7 Å². The number of aromatic nitrogens is 1. The SMILES string of the molecule is C/C=C/c1ccc(OCC(=O)OCc2csc(Nc3ccc(C)cc3)n2)c(OC)c1.